The molecular weight excluding hydrogens is 305 g/mol. The van der Waals surface area contributed by atoms with Gasteiger partial charge < -0.3 is 16.4 Å². The molecule has 2 aromatic rings. The zero-order chi connectivity index (χ0) is 17.4. The summed E-state index contributed by atoms with van der Waals surface area (Å²) < 4.78 is 13.1. The summed E-state index contributed by atoms with van der Waals surface area (Å²) in [6, 6.07) is 14.1. The molecule has 0 heterocycles. The van der Waals surface area contributed by atoms with Crippen LogP contribution in [0.5, 0.6) is 0 Å². The first-order chi connectivity index (χ1) is 11.5. The third kappa shape index (κ3) is 6.01. The minimum atomic E-state index is -0.496. The fourth-order valence-electron chi connectivity index (χ4n) is 2.31. The lowest BCUT2D eigenvalue weighted by Gasteiger charge is -2.10. The topological polar surface area (TPSA) is 67.2 Å². The molecule has 2 aromatic carbocycles. The van der Waals surface area contributed by atoms with Crippen LogP contribution in [0, 0.1) is 5.82 Å². The van der Waals surface area contributed by atoms with Crippen LogP contribution in [0.1, 0.15) is 24.5 Å². The second kappa shape index (κ2) is 9.03. The van der Waals surface area contributed by atoms with Crippen molar-refractivity contribution in [3.63, 3.8) is 0 Å². The highest BCUT2D eigenvalue weighted by atomic mass is 19.1. The fraction of sp³-hybridized carbons (Fsp3) is 0.316. The summed E-state index contributed by atoms with van der Waals surface area (Å²) in [5, 5.41) is 6.12. The van der Waals surface area contributed by atoms with E-state index in [1.54, 1.807) is 19.1 Å². The Kier molecular flexibility index (Phi) is 6.75. The maximum absolute atomic E-state index is 13.1. The van der Waals surface area contributed by atoms with Gasteiger partial charge in [-0.05, 0) is 55.2 Å². The first-order valence-electron chi connectivity index (χ1n) is 8.15. The van der Waals surface area contributed by atoms with Crippen LogP contribution in [-0.2, 0) is 17.8 Å². The Labute approximate surface area is 142 Å². The van der Waals surface area contributed by atoms with Crippen LogP contribution >= 0.6 is 0 Å². The van der Waals surface area contributed by atoms with E-state index < -0.39 is 6.04 Å². The lowest BCUT2D eigenvalue weighted by Crippen LogP contribution is -2.37. The van der Waals surface area contributed by atoms with E-state index in [2.05, 4.69) is 10.6 Å². The molecule has 0 bridgehead atoms. The molecule has 1 unspecified atom stereocenters. The molecule has 0 radical (unpaired) electrons. The van der Waals surface area contributed by atoms with Crippen molar-refractivity contribution in [2.24, 2.45) is 5.73 Å². The third-order valence-corrected chi connectivity index (χ3v) is 3.69. The zero-order valence-electron chi connectivity index (χ0n) is 13.9. The highest BCUT2D eigenvalue weighted by Gasteiger charge is 2.05. The number of aryl methyl sites for hydroxylation is 1. The molecular formula is C19H24FN3O. The first kappa shape index (κ1) is 17.9. The monoisotopic (exact) mass is 329 g/mol. The number of hydrogen-bond acceptors (Lipinski definition) is 3. The summed E-state index contributed by atoms with van der Waals surface area (Å²) in [7, 11) is 0. The molecule has 2 rings (SSSR count). The predicted octanol–water partition coefficient (Wildman–Crippen LogP) is 2.83. The summed E-state index contributed by atoms with van der Waals surface area (Å²) in [6.45, 7) is 2.95. The lowest BCUT2D eigenvalue weighted by atomic mass is 10.1. The van der Waals surface area contributed by atoms with Gasteiger partial charge in [0.05, 0.1) is 6.04 Å². The molecule has 4 N–H and O–H groups in total. The van der Waals surface area contributed by atoms with Crippen LogP contribution in [0.15, 0.2) is 48.5 Å². The molecule has 0 saturated carbocycles. The SMILES string of the molecule is CC(N)C(=O)NCc1ccc(NCCCc2cccc(F)c2)cc1. The zero-order valence-corrected chi connectivity index (χ0v) is 13.9. The van der Waals surface area contributed by atoms with Crippen molar-refractivity contribution in [1.82, 2.24) is 5.32 Å². The van der Waals surface area contributed by atoms with Gasteiger partial charge >= 0.3 is 0 Å². The van der Waals surface area contributed by atoms with E-state index in [1.165, 1.54) is 6.07 Å². The third-order valence-electron chi connectivity index (χ3n) is 3.69. The molecule has 0 aliphatic rings. The smallest absolute Gasteiger partial charge is 0.236 e. The van der Waals surface area contributed by atoms with Crippen LogP contribution in [0.25, 0.3) is 0 Å². The van der Waals surface area contributed by atoms with Crippen molar-refractivity contribution in [2.45, 2.75) is 32.4 Å². The van der Waals surface area contributed by atoms with Gasteiger partial charge in [-0.1, -0.05) is 24.3 Å². The van der Waals surface area contributed by atoms with E-state index in [0.29, 0.717) is 6.54 Å². The van der Waals surface area contributed by atoms with E-state index in [1.807, 2.05) is 30.3 Å². The molecule has 0 aliphatic carbocycles. The van der Waals surface area contributed by atoms with Crippen LogP contribution < -0.4 is 16.4 Å². The normalized spacial score (nSPS) is 11.8. The quantitative estimate of drug-likeness (QED) is 0.652. The molecule has 24 heavy (non-hydrogen) atoms. The van der Waals surface area contributed by atoms with Crippen LogP contribution in [0.2, 0.25) is 0 Å². The van der Waals surface area contributed by atoms with E-state index >= 15 is 0 Å². The van der Waals surface area contributed by atoms with E-state index in [0.717, 1.165) is 36.2 Å². The molecule has 0 aliphatic heterocycles. The number of rotatable bonds is 8. The maximum Gasteiger partial charge on any atom is 0.236 e. The number of hydrogen-bond donors (Lipinski definition) is 3. The number of carbonyl (C=O) groups excluding carboxylic acids is 1. The number of anilines is 1. The van der Waals surface area contributed by atoms with E-state index in [4.69, 9.17) is 5.73 Å². The average molecular weight is 329 g/mol. The van der Waals surface area contributed by atoms with Crippen molar-refractivity contribution < 1.29 is 9.18 Å². The van der Waals surface area contributed by atoms with Gasteiger partial charge in [0.25, 0.3) is 0 Å². The van der Waals surface area contributed by atoms with Gasteiger partial charge in [0.15, 0.2) is 0 Å². The van der Waals surface area contributed by atoms with Gasteiger partial charge in [-0.2, -0.15) is 0 Å². The van der Waals surface area contributed by atoms with E-state index in [-0.39, 0.29) is 11.7 Å². The number of halogens is 1. The maximum atomic E-state index is 13.1. The second-order valence-electron chi connectivity index (χ2n) is 5.86. The van der Waals surface area contributed by atoms with Crippen LogP contribution in [-0.4, -0.2) is 18.5 Å². The summed E-state index contributed by atoms with van der Waals surface area (Å²) in [5.74, 6) is -0.346. The van der Waals surface area contributed by atoms with Gasteiger partial charge in [-0.3, -0.25) is 4.79 Å². The highest BCUT2D eigenvalue weighted by Crippen LogP contribution is 2.11. The standard InChI is InChI=1S/C19H24FN3O/c1-14(21)19(24)23-13-16-7-9-18(10-8-16)22-11-3-5-15-4-2-6-17(20)12-15/h2,4,6-10,12,14,22H,3,5,11,13,21H2,1H3,(H,23,24). The second-order valence-corrected chi connectivity index (χ2v) is 5.86. The number of nitrogens with one attached hydrogen (secondary N) is 2. The molecule has 1 atom stereocenters. The molecule has 1 amide bonds. The molecule has 128 valence electrons. The van der Waals surface area contributed by atoms with Gasteiger partial charge in [0.1, 0.15) is 5.82 Å². The van der Waals surface area contributed by atoms with Crippen LogP contribution in [0.3, 0.4) is 0 Å². The molecule has 4 nitrogen and oxygen atoms in total. The van der Waals surface area contributed by atoms with Crippen molar-refractivity contribution >= 4 is 11.6 Å². The van der Waals surface area contributed by atoms with Gasteiger partial charge in [-0.15, -0.1) is 0 Å². The Balaban J connectivity index is 1.71. The number of amides is 1. The predicted molar refractivity (Wildman–Crippen MR) is 95.1 cm³/mol. The Hall–Kier alpha value is -2.40. The van der Waals surface area contributed by atoms with Crippen molar-refractivity contribution in [3.8, 4) is 0 Å². The first-order valence-corrected chi connectivity index (χ1v) is 8.15. The van der Waals surface area contributed by atoms with Gasteiger partial charge in [0, 0.05) is 18.8 Å². The van der Waals surface area contributed by atoms with Crippen molar-refractivity contribution in [3.05, 3.63) is 65.5 Å². The number of carbonyl (C=O) groups is 1. The summed E-state index contributed by atoms with van der Waals surface area (Å²) in [6.07, 6.45) is 1.77. The average Bonchev–Trinajstić information content (AvgIpc) is 2.57. The minimum absolute atomic E-state index is 0.158. The minimum Gasteiger partial charge on any atom is -0.385 e. The van der Waals surface area contributed by atoms with Gasteiger partial charge in [0.2, 0.25) is 5.91 Å². The van der Waals surface area contributed by atoms with Crippen LogP contribution in [0.4, 0.5) is 10.1 Å². The Morgan fingerprint density at radius 2 is 1.92 bits per heavy atom. The van der Waals surface area contributed by atoms with Crippen molar-refractivity contribution in [1.29, 1.82) is 0 Å². The Bertz CT molecular complexity index is 656. The summed E-state index contributed by atoms with van der Waals surface area (Å²) in [5.41, 5.74) is 8.56. The van der Waals surface area contributed by atoms with E-state index in [9.17, 15) is 9.18 Å². The van der Waals surface area contributed by atoms with Gasteiger partial charge in [-0.25, -0.2) is 4.39 Å². The Morgan fingerprint density at radius 1 is 1.17 bits per heavy atom. The molecule has 0 fully saturated rings. The fourth-order valence-corrected chi connectivity index (χ4v) is 2.31. The lowest BCUT2D eigenvalue weighted by molar-refractivity contribution is -0.122. The Morgan fingerprint density at radius 3 is 2.58 bits per heavy atom. The molecule has 0 spiro atoms. The number of benzene rings is 2. The summed E-state index contributed by atoms with van der Waals surface area (Å²) >= 11 is 0. The van der Waals surface area contributed by atoms with Crippen molar-refractivity contribution in [2.75, 3.05) is 11.9 Å². The molecule has 0 aromatic heterocycles. The number of nitrogens with two attached hydrogens (primary N) is 1. The largest absolute Gasteiger partial charge is 0.385 e. The molecule has 5 heteroatoms. The highest BCUT2D eigenvalue weighted by molar-refractivity contribution is 5.80. The molecule has 0 saturated heterocycles. The summed E-state index contributed by atoms with van der Waals surface area (Å²) in [4.78, 5) is 11.4.